The number of benzene rings is 1. The van der Waals surface area contributed by atoms with Crippen LogP contribution in [-0.2, 0) is 14.3 Å². The van der Waals surface area contributed by atoms with E-state index in [1.807, 2.05) is 18.2 Å². The van der Waals surface area contributed by atoms with Gasteiger partial charge in [-0.15, -0.1) is 18.3 Å². The molecule has 0 aliphatic heterocycles. The van der Waals surface area contributed by atoms with Gasteiger partial charge in [0.25, 0.3) is 0 Å². The van der Waals surface area contributed by atoms with Crippen molar-refractivity contribution in [1.82, 2.24) is 4.90 Å². The number of halogens is 1. The number of carbonyl (C=O) groups excluding carboxylic acids is 2. The van der Waals surface area contributed by atoms with Gasteiger partial charge in [0.15, 0.2) is 0 Å². The Labute approximate surface area is 134 Å². The lowest BCUT2D eigenvalue weighted by atomic mass is 10.4. The van der Waals surface area contributed by atoms with Crippen LogP contribution in [0.25, 0.3) is 0 Å². The fourth-order valence-corrected chi connectivity index (χ4v) is 2.71. The monoisotopic (exact) mass is 327 g/mol. The predicted molar refractivity (Wildman–Crippen MR) is 85.6 cm³/mol. The molecule has 0 heterocycles. The molecule has 6 heteroatoms. The summed E-state index contributed by atoms with van der Waals surface area (Å²) >= 11 is 7.38. The van der Waals surface area contributed by atoms with Crippen LogP contribution in [0, 0.1) is 0 Å². The molecule has 0 aliphatic carbocycles. The number of hydrogen-bond donors (Lipinski definition) is 0. The van der Waals surface area contributed by atoms with Gasteiger partial charge in [-0.25, -0.2) is 0 Å². The van der Waals surface area contributed by atoms with Gasteiger partial charge in [0.2, 0.25) is 5.91 Å². The maximum atomic E-state index is 12.2. The van der Waals surface area contributed by atoms with E-state index in [1.54, 1.807) is 19.1 Å². The summed E-state index contributed by atoms with van der Waals surface area (Å²) < 4.78 is 4.86. The molecular formula is C15H18ClNO3S. The van der Waals surface area contributed by atoms with Crippen LogP contribution >= 0.6 is 23.4 Å². The third kappa shape index (κ3) is 6.23. The molecule has 1 amide bonds. The van der Waals surface area contributed by atoms with Crippen molar-refractivity contribution in [3.63, 3.8) is 0 Å². The zero-order chi connectivity index (χ0) is 15.7. The molecule has 4 nitrogen and oxygen atoms in total. The van der Waals surface area contributed by atoms with Crippen LogP contribution in [0.5, 0.6) is 0 Å². The third-order valence-corrected chi connectivity index (χ3v) is 4.02. The average molecular weight is 328 g/mol. The van der Waals surface area contributed by atoms with E-state index in [-0.39, 0.29) is 18.2 Å². The molecule has 0 aromatic heterocycles. The number of amides is 1. The van der Waals surface area contributed by atoms with Crippen molar-refractivity contribution in [3.05, 3.63) is 41.9 Å². The average Bonchev–Trinajstić information content (AvgIpc) is 2.46. The van der Waals surface area contributed by atoms with E-state index in [0.29, 0.717) is 18.2 Å². The Morgan fingerprint density at radius 2 is 2.14 bits per heavy atom. The fourth-order valence-electron chi connectivity index (χ4n) is 1.57. The van der Waals surface area contributed by atoms with E-state index in [4.69, 9.17) is 16.3 Å². The molecule has 1 aromatic rings. The highest BCUT2D eigenvalue weighted by molar-refractivity contribution is 8.00. The predicted octanol–water partition coefficient (Wildman–Crippen LogP) is 3.01. The number of ether oxygens (including phenoxy) is 1. The maximum absolute atomic E-state index is 12.2. The topological polar surface area (TPSA) is 46.6 Å². The molecule has 0 atom stereocenters. The summed E-state index contributed by atoms with van der Waals surface area (Å²) in [6.45, 7) is 5.86. The van der Waals surface area contributed by atoms with Gasteiger partial charge in [-0.1, -0.05) is 29.8 Å². The molecule has 0 radical (unpaired) electrons. The van der Waals surface area contributed by atoms with Gasteiger partial charge in [0, 0.05) is 11.4 Å². The van der Waals surface area contributed by atoms with Crippen LogP contribution in [0.2, 0.25) is 5.02 Å². The maximum Gasteiger partial charge on any atom is 0.325 e. The molecule has 21 heavy (non-hydrogen) atoms. The van der Waals surface area contributed by atoms with E-state index < -0.39 is 5.97 Å². The molecule has 0 saturated heterocycles. The number of rotatable bonds is 8. The quantitative estimate of drug-likeness (QED) is 0.418. The first-order chi connectivity index (χ1) is 10.1. The number of nitrogens with zero attached hydrogens (tertiary/aromatic N) is 1. The van der Waals surface area contributed by atoms with Crippen LogP contribution < -0.4 is 0 Å². The minimum Gasteiger partial charge on any atom is -0.465 e. The molecule has 1 rings (SSSR count). The highest BCUT2D eigenvalue weighted by atomic mass is 35.5. The summed E-state index contributed by atoms with van der Waals surface area (Å²) in [4.78, 5) is 25.9. The van der Waals surface area contributed by atoms with Gasteiger partial charge in [-0.05, 0) is 19.1 Å². The Morgan fingerprint density at radius 1 is 1.43 bits per heavy atom. The van der Waals surface area contributed by atoms with Crippen LogP contribution in [0.4, 0.5) is 0 Å². The minimum absolute atomic E-state index is 0.0677. The molecule has 0 spiro atoms. The Bertz CT molecular complexity index is 507. The van der Waals surface area contributed by atoms with Crippen molar-refractivity contribution in [3.8, 4) is 0 Å². The van der Waals surface area contributed by atoms with Crippen molar-refractivity contribution in [1.29, 1.82) is 0 Å². The van der Waals surface area contributed by atoms with Gasteiger partial charge in [-0.3, -0.25) is 9.59 Å². The summed E-state index contributed by atoms with van der Waals surface area (Å²) in [5, 5.41) is 0.607. The number of carbonyl (C=O) groups is 2. The van der Waals surface area contributed by atoms with E-state index in [2.05, 4.69) is 6.58 Å². The van der Waals surface area contributed by atoms with Crippen LogP contribution in [0.15, 0.2) is 41.8 Å². The van der Waals surface area contributed by atoms with Crippen molar-refractivity contribution in [2.75, 3.05) is 25.4 Å². The van der Waals surface area contributed by atoms with Gasteiger partial charge in [-0.2, -0.15) is 0 Å². The van der Waals surface area contributed by atoms with E-state index >= 15 is 0 Å². The van der Waals surface area contributed by atoms with E-state index in [9.17, 15) is 9.59 Å². The highest BCUT2D eigenvalue weighted by Gasteiger charge is 2.17. The van der Waals surface area contributed by atoms with Crippen molar-refractivity contribution < 1.29 is 14.3 Å². The van der Waals surface area contributed by atoms with Gasteiger partial charge in [0.1, 0.15) is 6.54 Å². The summed E-state index contributed by atoms with van der Waals surface area (Å²) in [5.41, 5.74) is 0. The first-order valence-corrected chi connectivity index (χ1v) is 7.86. The Balaban J connectivity index is 2.58. The zero-order valence-electron chi connectivity index (χ0n) is 11.9. The largest absolute Gasteiger partial charge is 0.465 e. The molecule has 0 bridgehead atoms. The molecule has 1 aromatic carbocycles. The molecular weight excluding hydrogens is 310 g/mol. The number of esters is 1. The molecule has 0 aliphatic rings. The first kappa shape index (κ1) is 17.6. The van der Waals surface area contributed by atoms with Gasteiger partial charge in [0.05, 0.1) is 17.4 Å². The summed E-state index contributed by atoms with van der Waals surface area (Å²) in [6, 6.07) is 7.32. The Kier molecular flexibility index (Phi) is 7.93. The fraction of sp³-hybridized carbons (Fsp3) is 0.333. The molecule has 0 saturated carbocycles. The lowest BCUT2D eigenvalue weighted by Crippen LogP contribution is -2.37. The van der Waals surface area contributed by atoms with Gasteiger partial charge < -0.3 is 9.64 Å². The zero-order valence-corrected chi connectivity index (χ0v) is 13.5. The highest BCUT2D eigenvalue weighted by Crippen LogP contribution is 2.26. The Hall–Kier alpha value is -1.46. The Morgan fingerprint density at radius 3 is 2.76 bits per heavy atom. The third-order valence-electron chi connectivity index (χ3n) is 2.52. The number of thioether (sulfide) groups is 1. The van der Waals surface area contributed by atoms with Crippen molar-refractivity contribution in [2.45, 2.75) is 11.8 Å². The van der Waals surface area contributed by atoms with E-state index in [0.717, 1.165) is 4.90 Å². The second-order valence-corrected chi connectivity index (χ2v) is 5.51. The normalized spacial score (nSPS) is 10.0. The molecule has 114 valence electrons. The summed E-state index contributed by atoms with van der Waals surface area (Å²) in [7, 11) is 0. The van der Waals surface area contributed by atoms with Crippen molar-refractivity contribution >= 4 is 35.2 Å². The van der Waals surface area contributed by atoms with Crippen LogP contribution in [-0.4, -0.2) is 42.2 Å². The molecule has 0 fully saturated rings. The first-order valence-electron chi connectivity index (χ1n) is 6.50. The summed E-state index contributed by atoms with van der Waals surface area (Å²) in [5.74, 6) is -0.375. The minimum atomic E-state index is -0.421. The van der Waals surface area contributed by atoms with E-state index in [1.165, 1.54) is 16.7 Å². The SMILES string of the molecule is C=CCN(CC(=O)OCC)C(=O)CSc1ccccc1Cl. The van der Waals surface area contributed by atoms with Gasteiger partial charge >= 0.3 is 5.97 Å². The number of hydrogen-bond acceptors (Lipinski definition) is 4. The molecule has 0 unspecified atom stereocenters. The molecule has 0 N–H and O–H groups in total. The second-order valence-electron chi connectivity index (χ2n) is 4.09. The van der Waals surface area contributed by atoms with Crippen LogP contribution in [0.3, 0.4) is 0 Å². The van der Waals surface area contributed by atoms with Crippen LogP contribution in [0.1, 0.15) is 6.92 Å². The lowest BCUT2D eigenvalue weighted by Gasteiger charge is -2.19. The lowest BCUT2D eigenvalue weighted by molar-refractivity contribution is -0.147. The summed E-state index contributed by atoms with van der Waals surface area (Å²) in [6.07, 6.45) is 1.58. The smallest absolute Gasteiger partial charge is 0.325 e. The second kappa shape index (κ2) is 9.47. The van der Waals surface area contributed by atoms with Crippen molar-refractivity contribution in [2.24, 2.45) is 0 Å². The standard InChI is InChI=1S/C15H18ClNO3S/c1-3-9-17(10-15(19)20-4-2)14(18)11-21-13-8-6-5-7-12(13)16/h3,5-8H,1,4,9-11H2,2H3.